The number of aliphatic hydroxyl groups is 2. The summed E-state index contributed by atoms with van der Waals surface area (Å²) in [5, 5.41) is 31.0. The van der Waals surface area contributed by atoms with E-state index in [0.717, 1.165) is 44.9 Å². The van der Waals surface area contributed by atoms with E-state index in [4.69, 9.17) is 21.1 Å². The molecule has 0 aliphatic heterocycles. The first-order valence-electron chi connectivity index (χ1n) is 22.2. The highest BCUT2D eigenvalue weighted by Gasteiger charge is 2.42. The van der Waals surface area contributed by atoms with Crippen LogP contribution < -0.4 is 4.74 Å². The molecule has 2 aliphatic rings. The van der Waals surface area contributed by atoms with Gasteiger partial charge in [-0.05, 0) is 92.9 Å². The molecule has 0 bridgehead atoms. The van der Waals surface area contributed by atoms with E-state index in [1.165, 1.54) is 83.5 Å². The summed E-state index contributed by atoms with van der Waals surface area (Å²) >= 11 is 6.64. The largest absolute Gasteiger partial charge is 0.494 e. The van der Waals surface area contributed by atoms with Gasteiger partial charge in [-0.2, -0.15) is 0 Å². The number of esters is 1. The highest BCUT2D eigenvalue weighted by atomic mass is 35.5. The molecule has 0 saturated heterocycles. The summed E-state index contributed by atoms with van der Waals surface area (Å²) in [6, 6.07) is 5.05. The minimum atomic E-state index is -1.01. The molecule has 3 N–H and O–H groups in total. The van der Waals surface area contributed by atoms with Crippen LogP contribution in [0, 0.1) is 17.3 Å². The number of hydrogen-bond acceptors (Lipinski definition) is 6. The van der Waals surface area contributed by atoms with E-state index < -0.39 is 12.1 Å². The van der Waals surface area contributed by atoms with Crippen LogP contribution in [-0.2, 0) is 16.0 Å². The third-order valence-electron chi connectivity index (χ3n) is 12.4. The number of ether oxygens (including phenoxy) is 2. The Morgan fingerprint density at radius 2 is 1.55 bits per heavy atom. The fourth-order valence-electron chi connectivity index (χ4n) is 8.48. The van der Waals surface area contributed by atoms with E-state index in [1.807, 2.05) is 6.08 Å². The van der Waals surface area contributed by atoms with Gasteiger partial charge >= 0.3 is 11.9 Å². The van der Waals surface area contributed by atoms with Crippen molar-refractivity contribution in [3.8, 4) is 5.75 Å². The number of carboxylic acids is 1. The van der Waals surface area contributed by atoms with Gasteiger partial charge in [0.1, 0.15) is 5.75 Å². The van der Waals surface area contributed by atoms with Crippen LogP contribution >= 0.6 is 11.6 Å². The molecule has 8 heteroatoms. The molecule has 55 heavy (non-hydrogen) atoms. The number of unbranched alkanes of at least 4 members (excludes halogenated alkanes) is 14. The predicted octanol–water partition coefficient (Wildman–Crippen LogP) is 11.9. The summed E-state index contributed by atoms with van der Waals surface area (Å²) < 4.78 is 11.4. The van der Waals surface area contributed by atoms with Gasteiger partial charge in [0.05, 0.1) is 31.0 Å². The number of carbonyl (C=O) groups excluding carboxylic acids is 1. The first kappa shape index (κ1) is 47.0. The van der Waals surface area contributed by atoms with Crippen LogP contribution in [0.2, 0.25) is 0 Å². The first-order chi connectivity index (χ1) is 26.7. The van der Waals surface area contributed by atoms with Gasteiger partial charge in [-0.25, -0.2) is 4.79 Å². The lowest BCUT2D eigenvalue weighted by Gasteiger charge is -2.45. The molecule has 2 fully saturated rings. The van der Waals surface area contributed by atoms with E-state index in [2.05, 4.69) is 32.1 Å². The zero-order chi connectivity index (χ0) is 39.7. The number of allylic oxidation sites excluding steroid dienone is 2. The molecule has 0 aromatic heterocycles. The number of alkyl halides is 1. The van der Waals surface area contributed by atoms with E-state index in [1.54, 1.807) is 18.2 Å². The summed E-state index contributed by atoms with van der Waals surface area (Å²) in [4.78, 5) is 24.3. The summed E-state index contributed by atoms with van der Waals surface area (Å²) in [5.41, 5.74) is 0.870. The van der Waals surface area contributed by atoms with Gasteiger partial charge in [0.25, 0.3) is 0 Å². The zero-order valence-corrected chi connectivity index (χ0v) is 35.1. The maximum Gasteiger partial charge on any atom is 0.335 e. The van der Waals surface area contributed by atoms with Crippen molar-refractivity contribution in [3.05, 3.63) is 53.6 Å². The highest BCUT2D eigenvalue weighted by Crippen LogP contribution is 2.48. The number of benzene rings is 1. The van der Waals surface area contributed by atoms with Gasteiger partial charge < -0.3 is 24.8 Å². The van der Waals surface area contributed by atoms with E-state index >= 15 is 0 Å². The van der Waals surface area contributed by atoms with Gasteiger partial charge in [-0.3, -0.25) is 4.79 Å². The summed E-state index contributed by atoms with van der Waals surface area (Å²) in [5.74, 6) is -0.561. The van der Waals surface area contributed by atoms with Gasteiger partial charge in [0, 0.05) is 24.1 Å². The third-order valence-corrected chi connectivity index (χ3v) is 12.9. The van der Waals surface area contributed by atoms with Gasteiger partial charge in [-0.15, -0.1) is 11.6 Å². The Hall–Kier alpha value is -2.35. The quantitative estimate of drug-likeness (QED) is 0.0297. The average molecular weight is 788 g/mol. The normalized spacial score (nSPS) is 21.3. The molecule has 2 saturated carbocycles. The fraction of sp³-hybridized carbons (Fsp3) is 0.745. The van der Waals surface area contributed by atoms with E-state index in [0.29, 0.717) is 43.6 Å². The van der Waals surface area contributed by atoms with Crippen molar-refractivity contribution in [3.63, 3.8) is 0 Å². The lowest BCUT2D eigenvalue weighted by atomic mass is 9.63. The SMILES string of the molecule is CCCCCCCCCCCCCCCCOc1ccc(C(=O)O)c(CCOC(=O)CCC/C=C\C[C@@H]2[C@@H](/C=C/C[C@H](O)C3(CC)CCC3)[C@H](O)C[C@H]2Cl)c1. The molecule has 1 aromatic carbocycles. The lowest BCUT2D eigenvalue weighted by Crippen LogP contribution is -2.40. The van der Waals surface area contributed by atoms with Crippen molar-refractivity contribution in [1.29, 1.82) is 0 Å². The Morgan fingerprint density at radius 3 is 2.15 bits per heavy atom. The third kappa shape index (κ3) is 17.4. The monoisotopic (exact) mass is 787 g/mol. The molecule has 2 aliphatic carbocycles. The van der Waals surface area contributed by atoms with Crippen molar-refractivity contribution in [2.45, 2.75) is 192 Å². The maximum atomic E-state index is 12.4. The van der Waals surface area contributed by atoms with Crippen LogP contribution in [0.5, 0.6) is 5.75 Å². The first-order valence-corrected chi connectivity index (χ1v) is 22.6. The molecule has 5 atom stereocenters. The number of hydrogen-bond donors (Lipinski definition) is 3. The van der Waals surface area contributed by atoms with Crippen molar-refractivity contribution < 1.29 is 34.4 Å². The molecule has 312 valence electrons. The molecular weight excluding hydrogens is 712 g/mol. The summed E-state index contributed by atoms with van der Waals surface area (Å²) in [6.07, 6.45) is 34.0. The predicted molar refractivity (Wildman–Crippen MR) is 225 cm³/mol. The van der Waals surface area contributed by atoms with Crippen molar-refractivity contribution in [2.75, 3.05) is 13.2 Å². The number of rotatable bonds is 31. The molecule has 7 nitrogen and oxygen atoms in total. The van der Waals surface area contributed by atoms with Crippen LogP contribution in [0.25, 0.3) is 0 Å². The standard InChI is InChI=1S/C47H75ClO7/c1-3-5-6-7-8-9-10-11-12-13-14-15-18-21-33-54-38-28-29-39(46(52)53)37(35-38)30-34-55-45(51)27-20-17-16-19-24-40-41(43(49)36-42(40)48)25-22-26-44(50)47(4-2)31-23-32-47/h16,19,22,25,28-29,35,40-44,49-50H,3-15,17-18,20-21,23-24,26-27,30-34,36H2,1-2H3,(H,52,53)/b19-16-,25-22+/t40-,41-,42-,43-,44+/m1/s1. The molecule has 0 unspecified atom stereocenters. The fourth-order valence-corrected chi connectivity index (χ4v) is 8.93. The van der Waals surface area contributed by atoms with Gasteiger partial charge in [0.2, 0.25) is 0 Å². The van der Waals surface area contributed by atoms with Crippen LogP contribution in [0.1, 0.15) is 184 Å². The Balaban J connectivity index is 1.26. The van der Waals surface area contributed by atoms with Gasteiger partial charge in [-0.1, -0.05) is 128 Å². The Kier molecular flexibility index (Phi) is 23.4. The van der Waals surface area contributed by atoms with Crippen molar-refractivity contribution in [2.24, 2.45) is 17.3 Å². The zero-order valence-electron chi connectivity index (χ0n) is 34.4. The molecule has 0 spiro atoms. The minimum absolute atomic E-state index is 0.0314. The molecular formula is C47H75ClO7. The molecule has 1 aromatic rings. The van der Waals surface area contributed by atoms with Crippen molar-refractivity contribution >= 4 is 23.5 Å². The number of carboxylic acid groups (broad SMARTS) is 1. The summed E-state index contributed by atoms with van der Waals surface area (Å²) in [7, 11) is 0. The Bertz CT molecular complexity index is 1270. The van der Waals surface area contributed by atoms with Crippen LogP contribution in [0.4, 0.5) is 0 Å². The smallest absolute Gasteiger partial charge is 0.335 e. The number of aliphatic hydroxyl groups excluding tert-OH is 2. The topological polar surface area (TPSA) is 113 Å². The Morgan fingerprint density at radius 1 is 0.891 bits per heavy atom. The molecule has 0 heterocycles. The summed E-state index contributed by atoms with van der Waals surface area (Å²) in [6.45, 7) is 5.14. The van der Waals surface area contributed by atoms with Crippen molar-refractivity contribution in [1.82, 2.24) is 0 Å². The molecule has 0 radical (unpaired) electrons. The average Bonchev–Trinajstić information content (AvgIpc) is 3.41. The highest BCUT2D eigenvalue weighted by molar-refractivity contribution is 6.21. The number of carbonyl (C=O) groups is 2. The molecule has 3 rings (SSSR count). The Labute approximate surface area is 338 Å². The second kappa shape index (κ2) is 27.3. The number of aromatic carboxylic acids is 1. The lowest BCUT2D eigenvalue weighted by molar-refractivity contribution is -0.143. The second-order valence-electron chi connectivity index (χ2n) is 16.4. The number of halogens is 1. The van der Waals surface area contributed by atoms with E-state index in [9.17, 15) is 24.9 Å². The van der Waals surface area contributed by atoms with Crippen LogP contribution in [0.15, 0.2) is 42.5 Å². The molecule has 0 amide bonds. The second-order valence-corrected chi connectivity index (χ2v) is 17.0. The minimum Gasteiger partial charge on any atom is -0.494 e. The maximum absolute atomic E-state index is 12.4. The van der Waals surface area contributed by atoms with Crippen LogP contribution in [0.3, 0.4) is 0 Å². The van der Waals surface area contributed by atoms with Crippen LogP contribution in [-0.4, -0.2) is 58.1 Å². The van der Waals surface area contributed by atoms with Gasteiger partial charge in [0.15, 0.2) is 0 Å². The van der Waals surface area contributed by atoms with E-state index in [-0.39, 0.29) is 53.3 Å².